The second-order valence-corrected chi connectivity index (χ2v) is 9.68. The van der Waals surface area contributed by atoms with Gasteiger partial charge in [-0.3, -0.25) is 14.2 Å². The van der Waals surface area contributed by atoms with E-state index in [0.29, 0.717) is 24.2 Å². The Morgan fingerprint density at radius 2 is 2.11 bits per heavy atom. The lowest BCUT2D eigenvalue weighted by atomic mass is 9.95. The molecule has 0 atom stereocenters. The molecule has 5 nitrogen and oxygen atoms in total. The molecule has 0 bridgehead atoms. The van der Waals surface area contributed by atoms with Crippen LogP contribution < -0.4 is 10.9 Å². The maximum Gasteiger partial charge on any atom is 0.263 e. The highest BCUT2D eigenvalue weighted by atomic mass is 32.2. The molecule has 7 heteroatoms. The van der Waals surface area contributed by atoms with Crippen molar-refractivity contribution in [2.24, 2.45) is 0 Å². The molecule has 1 fully saturated rings. The summed E-state index contributed by atoms with van der Waals surface area (Å²) in [5, 5.41) is 4.60. The van der Waals surface area contributed by atoms with Crippen LogP contribution in [0.25, 0.3) is 10.2 Å². The normalized spacial score (nSPS) is 15.1. The average Bonchev–Trinajstić information content (AvgIpc) is 2.96. The van der Waals surface area contributed by atoms with E-state index in [4.69, 9.17) is 4.98 Å². The van der Waals surface area contributed by atoms with Crippen molar-refractivity contribution in [1.29, 1.82) is 0 Å². The average molecular weight is 420 g/mol. The first-order valence-electron chi connectivity index (χ1n) is 10.0. The number of hydrogen-bond donors (Lipinski definition) is 1. The van der Waals surface area contributed by atoms with E-state index in [9.17, 15) is 9.59 Å². The summed E-state index contributed by atoms with van der Waals surface area (Å²) in [4.78, 5) is 31.8. The number of amides is 1. The van der Waals surface area contributed by atoms with Gasteiger partial charge in [0.05, 0.1) is 5.39 Å². The van der Waals surface area contributed by atoms with Gasteiger partial charge in [-0.1, -0.05) is 37.1 Å². The van der Waals surface area contributed by atoms with E-state index in [0.717, 1.165) is 45.7 Å². The number of thiophene rings is 1. The molecule has 0 spiro atoms. The first-order valence-corrected chi connectivity index (χ1v) is 11.8. The predicted molar refractivity (Wildman–Crippen MR) is 119 cm³/mol. The molecule has 0 aromatic carbocycles. The fourth-order valence-corrected chi connectivity index (χ4v) is 5.67. The smallest absolute Gasteiger partial charge is 0.263 e. The Kier molecular flexibility index (Phi) is 7.35. The van der Waals surface area contributed by atoms with Gasteiger partial charge in [0.25, 0.3) is 5.56 Å². The van der Waals surface area contributed by atoms with Crippen molar-refractivity contribution in [3.63, 3.8) is 0 Å². The number of allylic oxidation sites excluding steroid dienone is 1. The van der Waals surface area contributed by atoms with Crippen molar-refractivity contribution in [3.8, 4) is 0 Å². The number of hydrogen-bond acceptors (Lipinski definition) is 5. The van der Waals surface area contributed by atoms with Crippen molar-refractivity contribution in [3.05, 3.63) is 33.4 Å². The van der Waals surface area contributed by atoms with Crippen molar-refractivity contribution in [2.75, 3.05) is 5.75 Å². The fourth-order valence-electron chi connectivity index (χ4n) is 3.65. The van der Waals surface area contributed by atoms with E-state index in [-0.39, 0.29) is 11.5 Å². The third-order valence-corrected chi connectivity index (χ3v) is 7.48. The molecular formula is C21H29N3O2S2. The molecule has 2 heterocycles. The van der Waals surface area contributed by atoms with Crippen LogP contribution in [0.4, 0.5) is 0 Å². The minimum Gasteiger partial charge on any atom is -0.353 e. The minimum atomic E-state index is 0.00397. The largest absolute Gasteiger partial charge is 0.353 e. The second kappa shape index (κ2) is 9.74. The molecule has 2 aromatic rings. The summed E-state index contributed by atoms with van der Waals surface area (Å²) in [5.74, 6) is 0.903. The summed E-state index contributed by atoms with van der Waals surface area (Å²) in [7, 11) is 0. The van der Waals surface area contributed by atoms with Crippen LogP contribution in [-0.2, 0) is 11.3 Å². The molecule has 2 aromatic heterocycles. The van der Waals surface area contributed by atoms with Crippen LogP contribution in [-0.4, -0.2) is 27.3 Å². The number of aromatic nitrogens is 2. The van der Waals surface area contributed by atoms with Gasteiger partial charge in [-0.2, -0.15) is 0 Å². The molecule has 0 aliphatic heterocycles. The summed E-state index contributed by atoms with van der Waals surface area (Å²) >= 11 is 3.12. The number of carbonyl (C=O) groups is 1. The number of rotatable bonds is 8. The van der Waals surface area contributed by atoms with Gasteiger partial charge in [-0.15, -0.1) is 17.9 Å². The number of nitrogens with zero attached hydrogens (tertiary/aromatic N) is 2. The quantitative estimate of drug-likeness (QED) is 0.294. The third-order valence-electron chi connectivity index (χ3n) is 5.32. The van der Waals surface area contributed by atoms with Gasteiger partial charge in [-0.05, 0) is 38.7 Å². The van der Waals surface area contributed by atoms with Gasteiger partial charge in [0.1, 0.15) is 4.83 Å². The summed E-state index contributed by atoms with van der Waals surface area (Å²) in [6.45, 7) is 8.22. The number of thioether (sulfide) groups is 1. The first kappa shape index (κ1) is 21.1. The predicted octanol–water partition coefficient (Wildman–Crippen LogP) is 4.58. The van der Waals surface area contributed by atoms with E-state index in [1.54, 1.807) is 33.7 Å². The van der Waals surface area contributed by atoms with Gasteiger partial charge < -0.3 is 5.32 Å². The molecule has 28 heavy (non-hydrogen) atoms. The Labute approximate surface area is 174 Å². The Morgan fingerprint density at radius 3 is 2.82 bits per heavy atom. The Hall–Kier alpha value is -1.60. The van der Waals surface area contributed by atoms with Crippen LogP contribution in [0.2, 0.25) is 0 Å². The number of carbonyl (C=O) groups excluding carboxylic acids is 1. The SMILES string of the molecule is C=CCn1c(SCCCC(=O)NC2CCCCC2)nc2sc(C)c(C)c2c1=O. The monoisotopic (exact) mass is 419 g/mol. The molecule has 1 saturated carbocycles. The van der Waals surface area contributed by atoms with E-state index in [1.165, 1.54) is 19.3 Å². The van der Waals surface area contributed by atoms with Crippen LogP contribution in [0.1, 0.15) is 55.4 Å². The van der Waals surface area contributed by atoms with Crippen molar-refractivity contribution < 1.29 is 4.79 Å². The molecule has 152 valence electrons. The lowest BCUT2D eigenvalue weighted by molar-refractivity contribution is -0.122. The molecular weight excluding hydrogens is 390 g/mol. The lowest BCUT2D eigenvalue weighted by Gasteiger charge is -2.22. The van der Waals surface area contributed by atoms with E-state index in [2.05, 4.69) is 11.9 Å². The number of nitrogens with one attached hydrogen (secondary N) is 1. The molecule has 1 aliphatic carbocycles. The van der Waals surface area contributed by atoms with E-state index < -0.39 is 0 Å². The van der Waals surface area contributed by atoms with Gasteiger partial charge in [0.2, 0.25) is 5.91 Å². The highest BCUT2D eigenvalue weighted by Crippen LogP contribution is 2.28. The summed E-state index contributed by atoms with van der Waals surface area (Å²) in [6, 6.07) is 0.362. The topological polar surface area (TPSA) is 64.0 Å². The van der Waals surface area contributed by atoms with Gasteiger partial charge in [0.15, 0.2) is 5.16 Å². The Bertz CT molecular complexity index is 910. The summed E-state index contributed by atoms with van der Waals surface area (Å²) < 4.78 is 1.70. The zero-order chi connectivity index (χ0) is 20.1. The van der Waals surface area contributed by atoms with Crippen molar-refractivity contribution in [1.82, 2.24) is 14.9 Å². The van der Waals surface area contributed by atoms with Crippen LogP contribution in [0, 0.1) is 13.8 Å². The van der Waals surface area contributed by atoms with Crippen LogP contribution in [0.5, 0.6) is 0 Å². The molecule has 0 radical (unpaired) electrons. The highest BCUT2D eigenvalue weighted by Gasteiger charge is 2.17. The van der Waals surface area contributed by atoms with Crippen LogP contribution in [0.15, 0.2) is 22.6 Å². The summed E-state index contributed by atoms with van der Waals surface area (Å²) in [6.07, 6.45) is 8.97. The zero-order valence-electron chi connectivity index (χ0n) is 16.8. The Morgan fingerprint density at radius 1 is 1.36 bits per heavy atom. The van der Waals surface area contributed by atoms with Crippen molar-refractivity contribution in [2.45, 2.75) is 76.5 Å². The molecule has 0 saturated heterocycles. The standard InChI is InChI=1S/C21H29N3O2S2/c1-4-12-24-20(26)18-14(2)15(3)28-19(18)23-21(24)27-13-8-11-17(25)22-16-9-6-5-7-10-16/h4,16H,1,5-13H2,2-3H3,(H,22,25). The minimum absolute atomic E-state index is 0.00397. The van der Waals surface area contributed by atoms with E-state index in [1.807, 2.05) is 13.8 Å². The van der Waals surface area contributed by atoms with E-state index >= 15 is 0 Å². The lowest BCUT2D eigenvalue weighted by Crippen LogP contribution is -2.36. The Balaban J connectivity index is 1.61. The third kappa shape index (κ3) is 4.87. The maximum atomic E-state index is 12.9. The molecule has 1 amide bonds. The maximum absolute atomic E-state index is 12.9. The first-order chi connectivity index (χ1) is 13.5. The number of aryl methyl sites for hydroxylation is 2. The molecule has 3 rings (SSSR count). The molecule has 1 N–H and O–H groups in total. The number of fused-ring (bicyclic) bond motifs is 1. The molecule has 1 aliphatic rings. The zero-order valence-corrected chi connectivity index (χ0v) is 18.4. The van der Waals surface area contributed by atoms with Gasteiger partial charge >= 0.3 is 0 Å². The van der Waals surface area contributed by atoms with Crippen molar-refractivity contribution >= 4 is 39.2 Å². The van der Waals surface area contributed by atoms with Crippen LogP contribution >= 0.6 is 23.1 Å². The van der Waals surface area contributed by atoms with Gasteiger partial charge in [0, 0.05) is 29.6 Å². The molecule has 0 unspecified atom stereocenters. The fraction of sp³-hybridized carbons (Fsp3) is 0.571. The van der Waals surface area contributed by atoms with Crippen LogP contribution in [0.3, 0.4) is 0 Å². The highest BCUT2D eigenvalue weighted by molar-refractivity contribution is 7.99. The van der Waals surface area contributed by atoms with Gasteiger partial charge in [-0.25, -0.2) is 4.98 Å². The summed E-state index contributed by atoms with van der Waals surface area (Å²) in [5.41, 5.74) is 1.02. The second-order valence-electron chi connectivity index (χ2n) is 7.42.